The predicted octanol–water partition coefficient (Wildman–Crippen LogP) is 5.95. The van der Waals surface area contributed by atoms with Gasteiger partial charge in [0.05, 0.1) is 0 Å². The highest BCUT2D eigenvalue weighted by atomic mass is 19.4. The molecular weight excluding hydrogens is 346 g/mol. The van der Waals surface area contributed by atoms with Gasteiger partial charge in [-0.15, -0.1) is 0 Å². The molecule has 0 heterocycles. The number of hydrogen-bond donors (Lipinski definition) is 0. The quantitative estimate of drug-likeness (QED) is 0.585. The number of hydrogen-bond acceptors (Lipinski definition) is 0. The van der Waals surface area contributed by atoms with Crippen LogP contribution in [0.1, 0.15) is 30.0 Å². The van der Waals surface area contributed by atoms with E-state index in [2.05, 4.69) is 0 Å². The minimum absolute atomic E-state index is 0.202. The fourth-order valence-corrected chi connectivity index (χ4v) is 2.00. The van der Waals surface area contributed by atoms with E-state index in [-0.39, 0.29) is 18.6 Å². The Morgan fingerprint density at radius 2 is 1.04 bits per heavy atom. The Morgan fingerprint density at radius 1 is 0.696 bits per heavy atom. The molecule has 0 amide bonds. The van der Waals surface area contributed by atoms with Gasteiger partial charge >= 0.3 is 24.2 Å². The average molecular weight is 356 g/mol. The molecule has 0 aromatic heterocycles. The van der Waals surface area contributed by atoms with E-state index in [0.717, 1.165) is 0 Å². The third-order valence-electron chi connectivity index (χ3n) is 3.06. The molecule has 10 heteroatoms. The highest BCUT2D eigenvalue weighted by Crippen LogP contribution is 2.50. The van der Waals surface area contributed by atoms with E-state index in [0.29, 0.717) is 6.07 Å². The summed E-state index contributed by atoms with van der Waals surface area (Å²) < 4.78 is 128. The van der Waals surface area contributed by atoms with Crippen molar-refractivity contribution in [2.24, 2.45) is 0 Å². The molecule has 0 saturated heterocycles. The molecule has 1 aromatic carbocycles. The molecule has 1 rings (SSSR count). The Labute approximate surface area is 124 Å². The first-order valence-electron chi connectivity index (χ1n) is 6.19. The molecule has 0 N–H and O–H groups in total. The minimum atomic E-state index is -6.12. The van der Waals surface area contributed by atoms with Gasteiger partial charge < -0.3 is 0 Å². The van der Waals surface area contributed by atoms with Gasteiger partial charge in [-0.05, 0) is 12.0 Å². The highest BCUT2D eigenvalue weighted by molar-refractivity contribution is 5.42. The molecule has 0 aliphatic heterocycles. The third kappa shape index (κ3) is 3.40. The maximum absolute atomic E-state index is 13.5. The van der Waals surface area contributed by atoms with Crippen molar-refractivity contribution >= 4 is 0 Å². The molecule has 0 spiro atoms. The summed E-state index contributed by atoms with van der Waals surface area (Å²) in [5.41, 5.74) is -5.14. The summed E-state index contributed by atoms with van der Waals surface area (Å²) >= 11 is 0. The van der Waals surface area contributed by atoms with Crippen molar-refractivity contribution < 1.29 is 43.9 Å². The molecule has 0 atom stereocenters. The van der Waals surface area contributed by atoms with Crippen LogP contribution in [0.3, 0.4) is 0 Å². The maximum atomic E-state index is 13.5. The zero-order chi connectivity index (χ0) is 18.3. The van der Waals surface area contributed by atoms with Crippen LogP contribution in [0.4, 0.5) is 43.9 Å². The second-order valence-corrected chi connectivity index (χ2v) is 4.73. The monoisotopic (exact) mass is 356 g/mol. The summed E-state index contributed by atoms with van der Waals surface area (Å²) in [5.74, 6) is -11.1. The molecule has 0 bridgehead atoms. The molecule has 0 unspecified atom stereocenters. The van der Waals surface area contributed by atoms with Gasteiger partial charge in [-0.25, -0.2) is 0 Å². The van der Waals surface area contributed by atoms with Gasteiger partial charge in [0.25, 0.3) is 0 Å². The topological polar surface area (TPSA) is 0 Å². The lowest BCUT2D eigenvalue weighted by Gasteiger charge is -2.27. The number of rotatable bonds is 4. The first-order valence-corrected chi connectivity index (χ1v) is 6.19. The van der Waals surface area contributed by atoms with Gasteiger partial charge in [0.1, 0.15) is 0 Å². The molecule has 132 valence electrons. The Morgan fingerprint density at radius 3 is 1.30 bits per heavy atom. The van der Waals surface area contributed by atoms with Gasteiger partial charge in [-0.3, -0.25) is 0 Å². The van der Waals surface area contributed by atoms with Crippen LogP contribution in [0.2, 0.25) is 0 Å². The van der Waals surface area contributed by atoms with Gasteiger partial charge in [-0.1, -0.05) is 31.5 Å². The normalized spacial score (nSPS) is 14.2. The standard InChI is InChI=1S/C13H10F10/c1-2-4-7-8(10(14,15)12(18,19)20)5-3-6-9(7)11(16,17)13(21,22)23/h3,5-6H,2,4H2,1H3. The number of alkyl halides is 10. The molecule has 0 nitrogen and oxygen atoms in total. The summed E-state index contributed by atoms with van der Waals surface area (Å²) in [4.78, 5) is 0. The van der Waals surface area contributed by atoms with Crippen molar-refractivity contribution in [3.8, 4) is 0 Å². The van der Waals surface area contributed by atoms with Crippen LogP contribution in [0.5, 0.6) is 0 Å². The summed E-state index contributed by atoms with van der Waals surface area (Å²) in [5, 5.41) is 0. The minimum Gasteiger partial charge on any atom is -0.191 e. The average Bonchev–Trinajstić information content (AvgIpc) is 2.36. The van der Waals surface area contributed by atoms with Gasteiger partial charge in [0.15, 0.2) is 0 Å². The predicted molar refractivity (Wildman–Crippen MR) is 60.3 cm³/mol. The van der Waals surface area contributed by atoms with Crippen molar-refractivity contribution in [3.63, 3.8) is 0 Å². The Bertz CT molecular complexity index is 509. The van der Waals surface area contributed by atoms with Gasteiger partial charge in [-0.2, -0.15) is 43.9 Å². The molecule has 0 fully saturated rings. The summed E-state index contributed by atoms with van der Waals surface area (Å²) in [6, 6.07) is 0.728. The van der Waals surface area contributed by atoms with Crippen molar-refractivity contribution in [2.45, 2.75) is 44.0 Å². The zero-order valence-electron chi connectivity index (χ0n) is 11.4. The summed E-state index contributed by atoms with van der Waals surface area (Å²) in [6.45, 7) is 1.25. The van der Waals surface area contributed by atoms with Crippen LogP contribution in [0.25, 0.3) is 0 Å². The molecule has 0 saturated carbocycles. The smallest absolute Gasteiger partial charge is 0.191 e. The molecule has 0 aliphatic rings. The first kappa shape index (κ1) is 19.6. The largest absolute Gasteiger partial charge is 0.458 e. The lowest BCUT2D eigenvalue weighted by molar-refractivity contribution is -0.292. The zero-order valence-corrected chi connectivity index (χ0v) is 11.4. The van der Waals surface area contributed by atoms with E-state index in [9.17, 15) is 43.9 Å². The Hall–Kier alpha value is -1.48. The van der Waals surface area contributed by atoms with E-state index in [1.807, 2.05) is 0 Å². The van der Waals surface area contributed by atoms with Crippen molar-refractivity contribution in [3.05, 3.63) is 34.9 Å². The lowest BCUT2D eigenvalue weighted by atomic mass is 9.90. The fourth-order valence-electron chi connectivity index (χ4n) is 2.00. The Balaban J connectivity index is 3.69. The van der Waals surface area contributed by atoms with E-state index in [1.165, 1.54) is 6.92 Å². The Kier molecular flexibility index (Phi) is 4.99. The lowest BCUT2D eigenvalue weighted by Crippen LogP contribution is -2.38. The second kappa shape index (κ2) is 5.86. The van der Waals surface area contributed by atoms with Crippen LogP contribution in [-0.4, -0.2) is 12.4 Å². The molecule has 23 heavy (non-hydrogen) atoms. The van der Waals surface area contributed by atoms with Crippen molar-refractivity contribution in [1.29, 1.82) is 0 Å². The molecule has 0 radical (unpaired) electrons. The highest BCUT2D eigenvalue weighted by Gasteiger charge is 2.63. The SMILES string of the molecule is CCCc1c(C(F)(F)C(F)(F)F)cccc1C(F)(F)C(F)(F)F. The van der Waals surface area contributed by atoms with E-state index in [4.69, 9.17) is 0 Å². The fraction of sp³-hybridized carbons (Fsp3) is 0.538. The van der Waals surface area contributed by atoms with Crippen LogP contribution >= 0.6 is 0 Å². The second-order valence-electron chi connectivity index (χ2n) is 4.73. The van der Waals surface area contributed by atoms with Crippen LogP contribution in [0.15, 0.2) is 18.2 Å². The molecule has 0 aliphatic carbocycles. The summed E-state index contributed by atoms with van der Waals surface area (Å²) in [6.07, 6.45) is -13.2. The first-order chi connectivity index (χ1) is 10.2. The number of halogens is 10. The van der Waals surface area contributed by atoms with Crippen molar-refractivity contribution in [1.82, 2.24) is 0 Å². The van der Waals surface area contributed by atoms with Crippen LogP contribution in [-0.2, 0) is 18.3 Å². The maximum Gasteiger partial charge on any atom is 0.458 e. The van der Waals surface area contributed by atoms with Gasteiger partial charge in [0.2, 0.25) is 0 Å². The number of benzene rings is 1. The van der Waals surface area contributed by atoms with Gasteiger partial charge in [0, 0.05) is 11.1 Å². The molecular formula is C13H10F10. The summed E-state index contributed by atoms with van der Waals surface area (Å²) in [7, 11) is 0. The third-order valence-corrected chi connectivity index (χ3v) is 3.06. The molecule has 1 aromatic rings. The van der Waals surface area contributed by atoms with E-state index < -0.39 is 47.3 Å². The van der Waals surface area contributed by atoms with E-state index in [1.54, 1.807) is 0 Å². The van der Waals surface area contributed by atoms with Crippen molar-refractivity contribution in [2.75, 3.05) is 0 Å². The van der Waals surface area contributed by atoms with Crippen LogP contribution < -0.4 is 0 Å². The van der Waals surface area contributed by atoms with Crippen LogP contribution in [0, 0.1) is 0 Å². The van der Waals surface area contributed by atoms with E-state index >= 15 is 0 Å².